The maximum absolute atomic E-state index is 13.7. The molecule has 2 aliphatic rings. The third-order valence-corrected chi connectivity index (χ3v) is 9.77. The molecule has 0 spiro atoms. The number of carbonyl (C=O) groups is 1. The second-order valence-electron chi connectivity index (χ2n) is 11.9. The number of rotatable bonds is 11. The lowest BCUT2D eigenvalue weighted by Crippen LogP contribution is -2.33. The Hall–Kier alpha value is -2.45. The Bertz CT molecular complexity index is 1570. The van der Waals surface area contributed by atoms with E-state index in [0.717, 1.165) is 35.3 Å². The predicted molar refractivity (Wildman–Crippen MR) is 166 cm³/mol. The summed E-state index contributed by atoms with van der Waals surface area (Å²) in [6.07, 6.45) is 5.72. The second-order valence-corrected chi connectivity index (χ2v) is 15.0. The first-order valence-electron chi connectivity index (χ1n) is 14.3. The number of anilines is 1. The number of hydrogen-bond acceptors (Lipinski definition) is 10. The van der Waals surface area contributed by atoms with Crippen LogP contribution in [0.15, 0.2) is 36.8 Å². The normalized spacial score (nSPS) is 20.6. The van der Waals surface area contributed by atoms with Gasteiger partial charge >= 0.3 is 10.3 Å². The molecule has 0 amide bonds. The molecule has 0 radical (unpaired) electrons. The van der Waals surface area contributed by atoms with E-state index < -0.39 is 15.9 Å². The first-order chi connectivity index (χ1) is 20.4. The molecule has 1 saturated carbocycles. The zero-order valence-electron chi connectivity index (χ0n) is 24.7. The largest absolute Gasteiger partial charge is 0.368 e. The monoisotopic (exact) mass is 648 g/mol. The summed E-state index contributed by atoms with van der Waals surface area (Å²) >= 11 is 7.72. The van der Waals surface area contributed by atoms with Gasteiger partial charge in [-0.3, -0.25) is 8.98 Å². The van der Waals surface area contributed by atoms with Crippen LogP contribution in [0.2, 0.25) is 5.02 Å². The van der Waals surface area contributed by atoms with Crippen LogP contribution in [0, 0.1) is 12.8 Å². The fraction of sp³-hybridized carbons (Fsp3) is 0.500. The van der Waals surface area contributed by atoms with Gasteiger partial charge in [0.2, 0.25) is 5.78 Å². The van der Waals surface area contributed by atoms with Gasteiger partial charge in [-0.15, -0.1) is 11.3 Å². The van der Waals surface area contributed by atoms with Gasteiger partial charge < -0.3 is 14.8 Å². The Morgan fingerprint density at radius 3 is 2.81 bits per heavy atom. The zero-order valence-corrected chi connectivity index (χ0v) is 27.1. The van der Waals surface area contributed by atoms with Gasteiger partial charge in [-0.05, 0) is 94.2 Å². The lowest BCUT2D eigenvalue weighted by molar-refractivity contribution is -0.00610. The number of ether oxygens (including phenoxy) is 2. The molecular formula is C30H37ClN4O6S2. The van der Waals surface area contributed by atoms with Gasteiger partial charge in [0.1, 0.15) is 25.0 Å². The molecule has 0 saturated heterocycles. The molecule has 1 fully saturated rings. The Morgan fingerprint density at radius 2 is 2.02 bits per heavy atom. The smallest absolute Gasteiger partial charge is 0.337 e. The van der Waals surface area contributed by atoms with Crippen LogP contribution in [0.3, 0.4) is 0 Å². The number of hydrogen-bond donors (Lipinski definition) is 2. The molecule has 3 heterocycles. The number of halogens is 1. The molecule has 10 nitrogen and oxygen atoms in total. The highest BCUT2D eigenvalue weighted by Gasteiger charge is 2.30. The van der Waals surface area contributed by atoms with E-state index in [-0.39, 0.29) is 37.2 Å². The predicted octanol–water partition coefficient (Wildman–Crippen LogP) is 5.60. The van der Waals surface area contributed by atoms with E-state index >= 15 is 0 Å². The summed E-state index contributed by atoms with van der Waals surface area (Å²) in [5, 5.41) is 4.05. The second kappa shape index (κ2) is 13.3. The van der Waals surface area contributed by atoms with E-state index in [4.69, 9.17) is 25.3 Å². The number of fused-ring (bicyclic) bond motifs is 1. The van der Waals surface area contributed by atoms with Crippen LogP contribution in [0.1, 0.15) is 82.9 Å². The minimum absolute atomic E-state index is 0.00691. The number of ketones is 1. The van der Waals surface area contributed by atoms with E-state index in [1.807, 2.05) is 52.0 Å². The number of nitrogens with one attached hydrogen (secondary N) is 2. The molecule has 2 aromatic heterocycles. The van der Waals surface area contributed by atoms with Crippen LogP contribution in [0.5, 0.6) is 0 Å². The van der Waals surface area contributed by atoms with Gasteiger partial charge in [0.15, 0.2) is 0 Å². The van der Waals surface area contributed by atoms with E-state index in [1.165, 1.54) is 29.4 Å². The van der Waals surface area contributed by atoms with Gasteiger partial charge in [0.25, 0.3) is 0 Å². The highest BCUT2D eigenvalue weighted by atomic mass is 35.5. The summed E-state index contributed by atoms with van der Waals surface area (Å²) in [6.45, 7) is 8.01. The van der Waals surface area contributed by atoms with Gasteiger partial charge in [-0.2, -0.15) is 13.1 Å². The Morgan fingerprint density at radius 1 is 1.21 bits per heavy atom. The zero-order chi connectivity index (χ0) is 30.8. The van der Waals surface area contributed by atoms with Crippen molar-refractivity contribution in [1.82, 2.24) is 14.7 Å². The van der Waals surface area contributed by atoms with Crippen molar-refractivity contribution in [2.24, 2.45) is 5.92 Å². The number of aryl methyl sites for hydroxylation is 1. The third kappa shape index (κ3) is 8.18. The lowest BCUT2D eigenvalue weighted by Gasteiger charge is -2.26. The molecule has 13 heteroatoms. The molecule has 3 atom stereocenters. The summed E-state index contributed by atoms with van der Waals surface area (Å²) in [5.74, 6) is 0.323. The first-order valence-corrected chi connectivity index (χ1v) is 16.9. The Labute approximate surface area is 261 Å². The summed E-state index contributed by atoms with van der Waals surface area (Å²) in [4.78, 5) is 23.8. The molecule has 5 rings (SSSR count). The van der Waals surface area contributed by atoms with Crippen LogP contribution >= 0.6 is 22.9 Å². The molecule has 0 bridgehead atoms. The first kappa shape index (κ1) is 32.0. The van der Waals surface area contributed by atoms with Gasteiger partial charge in [0, 0.05) is 22.1 Å². The minimum atomic E-state index is -3.92. The molecule has 232 valence electrons. The van der Waals surface area contributed by atoms with Crippen LogP contribution < -0.4 is 10.0 Å². The molecule has 1 aromatic carbocycles. The molecule has 43 heavy (non-hydrogen) atoms. The van der Waals surface area contributed by atoms with Crippen LogP contribution in [-0.2, 0) is 30.4 Å². The van der Waals surface area contributed by atoms with E-state index in [2.05, 4.69) is 20.0 Å². The Balaban J connectivity index is 1.22. The molecule has 1 aliphatic carbocycles. The van der Waals surface area contributed by atoms with Gasteiger partial charge in [-0.25, -0.2) is 9.97 Å². The molecule has 2 N–H and O–H groups in total. The summed E-state index contributed by atoms with van der Waals surface area (Å²) < 4.78 is 43.5. The maximum Gasteiger partial charge on any atom is 0.337 e. The van der Waals surface area contributed by atoms with E-state index in [0.29, 0.717) is 34.3 Å². The van der Waals surface area contributed by atoms with Crippen molar-refractivity contribution in [1.29, 1.82) is 0 Å². The van der Waals surface area contributed by atoms with Gasteiger partial charge in [0.05, 0.1) is 29.3 Å². The number of nitrogens with zero attached hydrogens (tertiary/aromatic N) is 2. The summed E-state index contributed by atoms with van der Waals surface area (Å²) in [5.41, 5.74) is 3.10. The SMILES string of the molecule is Cc1sc(C(=O)c2cncnc2N[C@@H]2CC[C@@H](COS(=O)(=O)NCOC(C)(C)C)C2)cc1[C@@H]1OCCc2ccc(Cl)cc21. The van der Waals surface area contributed by atoms with Crippen molar-refractivity contribution in [3.8, 4) is 0 Å². The van der Waals surface area contributed by atoms with Crippen LogP contribution in [0.25, 0.3) is 0 Å². The van der Waals surface area contributed by atoms with E-state index in [9.17, 15) is 13.2 Å². The molecule has 0 unspecified atom stereocenters. The fourth-order valence-electron chi connectivity index (χ4n) is 5.38. The van der Waals surface area contributed by atoms with E-state index in [1.54, 1.807) is 0 Å². The fourth-order valence-corrected chi connectivity index (χ4v) is 7.22. The number of carbonyl (C=O) groups excluding carboxylic acids is 1. The molecule has 1 aliphatic heterocycles. The lowest BCUT2D eigenvalue weighted by atomic mass is 9.93. The average Bonchev–Trinajstić information content (AvgIpc) is 3.57. The van der Waals surface area contributed by atoms with Crippen LogP contribution in [0.4, 0.5) is 5.82 Å². The van der Waals surface area contributed by atoms with Crippen molar-refractivity contribution >= 4 is 44.8 Å². The quantitative estimate of drug-likeness (QED) is 0.202. The summed E-state index contributed by atoms with van der Waals surface area (Å²) in [7, 11) is -3.92. The number of benzene rings is 1. The third-order valence-electron chi connectivity index (χ3n) is 7.55. The van der Waals surface area contributed by atoms with Crippen molar-refractivity contribution in [2.45, 2.75) is 71.1 Å². The summed E-state index contributed by atoms with van der Waals surface area (Å²) in [6, 6.07) is 7.79. The molecule has 3 aromatic rings. The average molecular weight is 649 g/mol. The Kier molecular flexibility index (Phi) is 9.86. The van der Waals surface area contributed by atoms with Crippen LogP contribution in [-0.4, -0.2) is 55.8 Å². The topological polar surface area (TPSA) is 129 Å². The number of aromatic nitrogens is 2. The highest BCUT2D eigenvalue weighted by molar-refractivity contribution is 7.84. The maximum atomic E-state index is 13.7. The highest BCUT2D eigenvalue weighted by Crippen LogP contribution is 2.39. The standard InChI is InChI=1S/C30H37ClN4O6S2/c1-18-23(28-24-12-21(31)7-6-20(24)9-10-39-28)13-26(42-18)27(36)25-14-32-16-33-29(25)35-22-8-5-19(11-22)15-41-43(37,38)34-17-40-30(2,3)4/h6-7,12-14,16,19,22,28,34H,5,8-11,15,17H2,1-4H3,(H,32,33,35)/t19-,22-,28+/m1/s1. The van der Waals surface area contributed by atoms with Crippen molar-refractivity contribution < 1.29 is 26.9 Å². The minimum Gasteiger partial charge on any atom is -0.368 e. The van der Waals surface area contributed by atoms with Crippen molar-refractivity contribution in [2.75, 3.05) is 25.3 Å². The van der Waals surface area contributed by atoms with Gasteiger partial charge in [-0.1, -0.05) is 17.7 Å². The van der Waals surface area contributed by atoms with Crippen molar-refractivity contribution in [3.63, 3.8) is 0 Å². The molecular weight excluding hydrogens is 612 g/mol. The number of thiophene rings is 1. The van der Waals surface area contributed by atoms with Crippen molar-refractivity contribution in [3.05, 3.63) is 73.8 Å².